The molecule has 2 rings (SSSR count). The van der Waals surface area contributed by atoms with Gasteiger partial charge in [-0.15, -0.1) is 0 Å². The summed E-state index contributed by atoms with van der Waals surface area (Å²) in [5.74, 6) is -0.411. The van der Waals surface area contributed by atoms with Gasteiger partial charge in [0.25, 0.3) is 0 Å². The van der Waals surface area contributed by atoms with Crippen LogP contribution in [0.1, 0.15) is 24.1 Å². The Morgan fingerprint density at radius 1 is 1.42 bits per heavy atom. The lowest BCUT2D eigenvalue weighted by molar-refractivity contribution is 0.558. The molecule has 0 aliphatic rings. The number of rotatable bonds is 4. The van der Waals surface area contributed by atoms with Crippen molar-refractivity contribution in [3.05, 3.63) is 63.1 Å². The summed E-state index contributed by atoms with van der Waals surface area (Å²) in [7, 11) is 0. The molecule has 0 radical (unpaired) electrons. The lowest BCUT2D eigenvalue weighted by atomic mass is 9.99. The summed E-state index contributed by atoms with van der Waals surface area (Å²) in [6.07, 6.45) is 3.42. The highest BCUT2D eigenvalue weighted by atomic mass is 79.9. The third kappa shape index (κ3) is 3.14. The maximum atomic E-state index is 14.3. The molecule has 1 aromatic heterocycles. The zero-order chi connectivity index (χ0) is 13.8. The molecule has 1 heterocycles. The van der Waals surface area contributed by atoms with Gasteiger partial charge in [-0.25, -0.2) is 4.39 Å². The van der Waals surface area contributed by atoms with Gasteiger partial charge in [0, 0.05) is 22.4 Å². The molecule has 2 nitrogen and oxygen atoms in total. The van der Waals surface area contributed by atoms with Crippen LogP contribution in [0.25, 0.3) is 0 Å². The predicted octanol–water partition coefficient (Wildman–Crippen LogP) is 4.34. The highest BCUT2D eigenvalue weighted by molar-refractivity contribution is 9.10. The van der Waals surface area contributed by atoms with Crippen LogP contribution in [0.4, 0.5) is 4.39 Å². The molecule has 0 spiro atoms. The van der Waals surface area contributed by atoms with Crippen LogP contribution in [0.15, 0.2) is 41.1 Å². The van der Waals surface area contributed by atoms with Gasteiger partial charge in [-0.1, -0.05) is 30.7 Å². The first-order valence-corrected chi connectivity index (χ1v) is 7.09. The molecular weight excluding hydrogens is 331 g/mol. The van der Waals surface area contributed by atoms with Crippen molar-refractivity contribution in [2.24, 2.45) is 0 Å². The van der Waals surface area contributed by atoms with Gasteiger partial charge in [0.05, 0.1) is 11.1 Å². The molecule has 1 unspecified atom stereocenters. The molecule has 0 bridgehead atoms. The Labute approximate surface area is 125 Å². The van der Waals surface area contributed by atoms with Gasteiger partial charge in [0.2, 0.25) is 0 Å². The van der Waals surface area contributed by atoms with E-state index in [9.17, 15) is 4.39 Å². The fourth-order valence-corrected chi connectivity index (χ4v) is 2.40. The van der Waals surface area contributed by atoms with Crippen molar-refractivity contribution in [2.45, 2.75) is 13.0 Å². The molecule has 5 heteroatoms. The van der Waals surface area contributed by atoms with Gasteiger partial charge in [0.15, 0.2) is 0 Å². The Morgan fingerprint density at radius 3 is 2.84 bits per heavy atom. The third-order valence-electron chi connectivity index (χ3n) is 2.80. The van der Waals surface area contributed by atoms with Gasteiger partial charge in [-0.2, -0.15) is 0 Å². The highest BCUT2D eigenvalue weighted by Gasteiger charge is 2.20. The predicted molar refractivity (Wildman–Crippen MR) is 78.9 cm³/mol. The molecule has 1 aromatic carbocycles. The Morgan fingerprint density at radius 2 is 2.21 bits per heavy atom. The van der Waals surface area contributed by atoms with Gasteiger partial charge < -0.3 is 5.32 Å². The average molecular weight is 344 g/mol. The first-order valence-electron chi connectivity index (χ1n) is 5.91. The summed E-state index contributed by atoms with van der Waals surface area (Å²) in [6, 6.07) is 6.96. The van der Waals surface area contributed by atoms with Gasteiger partial charge in [-0.05, 0) is 40.2 Å². The van der Waals surface area contributed by atoms with Crippen LogP contribution < -0.4 is 5.32 Å². The minimum Gasteiger partial charge on any atom is -0.306 e. The Bertz CT molecular complexity index is 563. The number of benzene rings is 1. The van der Waals surface area contributed by atoms with E-state index in [1.807, 2.05) is 19.1 Å². The molecule has 0 fully saturated rings. The normalized spacial score (nSPS) is 12.4. The van der Waals surface area contributed by atoms with Crippen LogP contribution in [0, 0.1) is 5.82 Å². The minimum absolute atomic E-state index is 0.101. The molecule has 1 atom stereocenters. The third-order valence-corrected chi connectivity index (χ3v) is 4.06. The van der Waals surface area contributed by atoms with Crippen molar-refractivity contribution >= 4 is 27.5 Å². The maximum absolute atomic E-state index is 14.3. The number of hydrogen-bond acceptors (Lipinski definition) is 2. The van der Waals surface area contributed by atoms with E-state index in [-0.39, 0.29) is 11.1 Å². The van der Waals surface area contributed by atoms with Crippen molar-refractivity contribution in [1.82, 2.24) is 10.3 Å². The van der Waals surface area contributed by atoms with E-state index in [0.717, 1.165) is 5.56 Å². The van der Waals surface area contributed by atoms with E-state index >= 15 is 0 Å². The van der Waals surface area contributed by atoms with E-state index in [4.69, 9.17) is 11.6 Å². The standard InChI is InChI=1S/C14H13BrClFN2/c1-2-19-14(9-4-3-7-18-8-9)10-5-6-11(15)12(16)13(10)17/h3-8,14,19H,2H2,1H3. The minimum atomic E-state index is -0.411. The van der Waals surface area contributed by atoms with Gasteiger partial charge >= 0.3 is 0 Å². The zero-order valence-electron chi connectivity index (χ0n) is 10.3. The first kappa shape index (κ1) is 14.4. The van der Waals surface area contributed by atoms with Crippen molar-refractivity contribution in [1.29, 1.82) is 0 Å². The van der Waals surface area contributed by atoms with Gasteiger partial charge in [0.1, 0.15) is 5.82 Å². The SMILES string of the molecule is CCNC(c1cccnc1)c1ccc(Br)c(Cl)c1F. The molecule has 1 N–H and O–H groups in total. The van der Waals surface area contributed by atoms with E-state index in [2.05, 4.69) is 26.2 Å². The second-order valence-corrected chi connectivity index (χ2v) is 5.27. The number of hydrogen-bond donors (Lipinski definition) is 1. The molecule has 0 aliphatic carbocycles. The largest absolute Gasteiger partial charge is 0.306 e. The second kappa shape index (κ2) is 6.46. The molecule has 0 saturated heterocycles. The van der Waals surface area contributed by atoms with E-state index in [1.54, 1.807) is 24.5 Å². The van der Waals surface area contributed by atoms with Crippen molar-refractivity contribution in [2.75, 3.05) is 6.54 Å². The molecule has 19 heavy (non-hydrogen) atoms. The van der Waals surface area contributed by atoms with Crippen LogP contribution in [0.3, 0.4) is 0 Å². The van der Waals surface area contributed by atoms with E-state index in [1.165, 1.54) is 0 Å². The topological polar surface area (TPSA) is 24.9 Å². The Kier molecular flexibility index (Phi) is 4.91. The molecular formula is C14H13BrClFN2. The fraction of sp³-hybridized carbons (Fsp3) is 0.214. The molecule has 0 amide bonds. The lowest BCUT2D eigenvalue weighted by Crippen LogP contribution is -2.23. The zero-order valence-corrected chi connectivity index (χ0v) is 12.7. The number of pyridine rings is 1. The van der Waals surface area contributed by atoms with Crippen LogP contribution in [0.5, 0.6) is 0 Å². The average Bonchev–Trinajstić information content (AvgIpc) is 2.44. The number of nitrogens with one attached hydrogen (secondary N) is 1. The van der Waals surface area contributed by atoms with Crippen LogP contribution in [-0.4, -0.2) is 11.5 Å². The van der Waals surface area contributed by atoms with Gasteiger partial charge in [-0.3, -0.25) is 4.98 Å². The number of nitrogens with zero attached hydrogens (tertiary/aromatic N) is 1. The monoisotopic (exact) mass is 342 g/mol. The Balaban J connectivity index is 2.49. The molecule has 2 aromatic rings. The highest BCUT2D eigenvalue weighted by Crippen LogP contribution is 2.32. The summed E-state index contributed by atoms with van der Waals surface area (Å²) in [5.41, 5.74) is 1.42. The lowest BCUT2D eigenvalue weighted by Gasteiger charge is -2.20. The van der Waals surface area contributed by atoms with E-state index in [0.29, 0.717) is 16.6 Å². The van der Waals surface area contributed by atoms with Crippen molar-refractivity contribution in [3.63, 3.8) is 0 Å². The summed E-state index contributed by atoms with van der Waals surface area (Å²) >= 11 is 9.17. The number of halogens is 3. The van der Waals surface area contributed by atoms with Crippen molar-refractivity contribution < 1.29 is 4.39 Å². The molecule has 0 saturated carbocycles. The first-order chi connectivity index (χ1) is 9.15. The summed E-state index contributed by atoms with van der Waals surface area (Å²) in [5, 5.41) is 3.35. The molecule has 0 aliphatic heterocycles. The maximum Gasteiger partial charge on any atom is 0.148 e. The van der Waals surface area contributed by atoms with Crippen LogP contribution >= 0.6 is 27.5 Å². The van der Waals surface area contributed by atoms with E-state index < -0.39 is 5.82 Å². The van der Waals surface area contributed by atoms with Crippen molar-refractivity contribution in [3.8, 4) is 0 Å². The second-order valence-electron chi connectivity index (χ2n) is 4.04. The van der Waals surface area contributed by atoms with Crippen LogP contribution in [-0.2, 0) is 0 Å². The number of aromatic nitrogens is 1. The summed E-state index contributed by atoms with van der Waals surface area (Å²) in [6.45, 7) is 2.69. The smallest absolute Gasteiger partial charge is 0.148 e. The summed E-state index contributed by atoms with van der Waals surface area (Å²) < 4.78 is 14.9. The molecule has 100 valence electrons. The summed E-state index contributed by atoms with van der Waals surface area (Å²) in [4.78, 5) is 4.08. The van der Waals surface area contributed by atoms with Crippen LogP contribution in [0.2, 0.25) is 5.02 Å². The fourth-order valence-electron chi connectivity index (χ4n) is 1.92. The Hall–Kier alpha value is -0.970. The quantitative estimate of drug-likeness (QED) is 0.836.